The number of hydrogen-bond acceptors (Lipinski definition) is 4. The molecule has 27 heavy (non-hydrogen) atoms. The summed E-state index contributed by atoms with van der Waals surface area (Å²) < 4.78 is 2.12. The van der Waals surface area contributed by atoms with E-state index in [4.69, 9.17) is 5.10 Å². The molecule has 3 heterocycles. The van der Waals surface area contributed by atoms with Gasteiger partial charge >= 0.3 is 0 Å². The number of amides is 2. The molecule has 1 N–H and O–H groups in total. The van der Waals surface area contributed by atoms with Crippen molar-refractivity contribution in [1.82, 2.24) is 24.9 Å². The van der Waals surface area contributed by atoms with Crippen molar-refractivity contribution in [2.75, 3.05) is 20.1 Å². The number of carbonyl (C=O) groups excluding carboxylic acids is 2. The first-order valence-corrected chi connectivity index (χ1v) is 10.4. The lowest BCUT2D eigenvalue weighted by atomic mass is 9.94. The topological polar surface area (TPSA) is 70.5 Å². The third kappa shape index (κ3) is 4.18. The molecule has 1 saturated heterocycles. The highest BCUT2D eigenvalue weighted by Gasteiger charge is 2.32. The van der Waals surface area contributed by atoms with E-state index in [2.05, 4.69) is 21.0 Å². The van der Waals surface area contributed by atoms with Crippen LogP contribution in [0.4, 0.5) is 0 Å². The fraction of sp³-hybridized carbons (Fsp3) is 0.750. The van der Waals surface area contributed by atoms with Gasteiger partial charge in [-0.2, -0.15) is 5.10 Å². The van der Waals surface area contributed by atoms with Crippen molar-refractivity contribution in [2.45, 2.75) is 70.6 Å². The molecular formula is C20H31N5O2. The van der Waals surface area contributed by atoms with Gasteiger partial charge in [0, 0.05) is 45.7 Å². The summed E-state index contributed by atoms with van der Waals surface area (Å²) in [5, 5.41) is 7.69. The first-order valence-electron chi connectivity index (χ1n) is 10.4. The second kappa shape index (κ2) is 8.00. The van der Waals surface area contributed by atoms with Gasteiger partial charge in [-0.05, 0) is 25.3 Å². The largest absolute Gasteiger partial charge is 0.350 e. The van der Waals surface area contributed by atoms with E-state index in [-0.39, 0.29) is 17.7 Å². The number of hydrogen-bond donors (Lipinski definition) is 1. The molecule has 0 bridgehead atoms. The van der Waals surface area contributed by atoms with E-state index in [1.807, 2.05) is 0 Å². The summed E-state index contributed by atoms with van der Waals surface area (Å²) >= 11 is 0. The molecule has 7 heteroatoms. The fourth-order valence-electron chi connectivity index (χ4n) is 4.75. The lowest BCUT2D eigenvalue weighted by molar-refractivity contribution is -0.128. The van der Waals surface area contributed by atoms with E-state index in [0.717, 1.165) is 37.8 Å². The molecule has 0 spiro atoms. The van der Waals surface area contributed by atoms with Gasteiger partial charge in [-0.15, -0.1) is 0 Å². The summed E-state index contributed by atoms with van der Waals surface area (Å²) in [6, 6.07) is 2.87. The van der Waals surface area contributed by atoms with Crippen molar-refractivity contribution < 1.29 is 9.59 Å². The summed E-state index contributed by atoms with van der Waals surface area (Å²) in [7, 11) is 1.75. The third-order valence-electron chi connectivity index (χ3n) is 6.34. The Kier molecular flexibility index (Phi) is 5.48. The molecule has 4 rings (SSSR count). The highest BCUT2D eigenvalue weighted by atomic mass is 16.2. The van der Waals surface area contributed by atoms with Crippen molar-refractivity contribution >= 4 is 11.8 Å². The van der Waals surface area contributed by atoms with E-state index in [1.165, 1.54) is 37.8 Å². The molecule has 1 aromatic rings. The van der Waals surface area contributed by atoms with Crippen LogP contribution in [0, 0.1) is 5.92 Å². The first kappa shape index (κ1) is 18.5. The predicted octanol–water partition coefficient (Wildman–Crippen LogP) is 1.52. The molecule has 0 aromatic carbocycles. The van der Waals surface area contributed by atoms with Gasteiger partial charge in [-0.1, -0.05) is 19.3 Å². The average molecular weight is 374 g/mol. The number of fused-ring (bicyclic) bond motifs is 1. The smallest absolute Gasteiger partial charge is 0.225 e. The van der Waals surface area contributed by atoms with Gasteiger partial charge in [-0.25, -0.2) is 0 Å². The summed E-state index contributed by atoms with van der Waals surface area (Å²) in [6.07, 6.45) is 8.20. The molecule has 2 amide bonds. The Morgan fingerprint density at radius 3 is 2.78 bits per heavy atom. The molecule has 148 valence electrons. The molecule has 3 aliphatic rings. The standard InChI is InChI=1S/C20H31N5O2/c1-23-13-15(10-19(23)26)20(27)21-12-16-11-18-14-24(8-5-9-25(18)22-16)17-6-3-2-4-7-17/h11,15,17H,2-10,12-14H2,1H3,(H,21,27). The maximum absolute atomic E-state index is 12.3. The molecule has 1 saturated carbocycles. The monoisotopic (exact) mass is 373 g/mol. The van der Waals surface area contributed by atoms with Gasteiger partial charge in [0.2, 0.25) is 11.8 Å². The Bertz CT molecular complexity index is 695. The van der Waals surface area contributed by atoms with Gasteiger partial charge in [0.05, 0.1) is 23.9 Å². The number of carbonyl (C=O) groups is 2. The van der Waals surface area contributed by atoms with E-state index in [1.54, 1.807) is 11.9 Å². The zero-order valence-corrected chi connectivity index (χ0v) is 16.3. The highest BCUT2D eigenvalue weighted by Crippen LogP contribution is 2.26. The number of nitrogens with zero attached hydrogens (tertiary/aromatic N) is 4. The van der Waals surface area contributed by atoms with Crippen LogP contribution in [0.25, 0.3) is 0 Å². The van der Waals surface area contributed by atoms with E-state index >= 15 is 0 Å². The zero-order chi connectivity index (χ0) is 18.8. The van der Waals surface area contributed by atoms with Crippen LogP contribution in [0.5, 0.6) is 0 Å². The molecule has 2 aliphatic heterocycles. The first-order chi connectivity index (χ1) is 13.1. The van der Waals surface area contributed by atoms with Gasteiger partial charge in [0.1, 0.15) is 0 Å². The van der Waals surface area contributed by atoms with Gasteiger partial charge < -0.3 is 10.2 Å². The molecule has 0 radical (unpaired) electrons. The Morgan fingerprint density at radius 1 is 1.22 bits per heavy atom. The minimum absolute atomic E-state index is 0.0419. The van der Waals surface area contributed by atoms with E-state index in [9.17, 15) is 9.59 Å². The average Bonchev–Trinajstić information content (AvgIpc) is 3.16. The summed E-state index contributed by atoms with van der Waals surface area (Å²) in [5.74, 6) is -0.226. The maximum Gasteiger partial charge on any atom is 0.225 e. The van der Waals surface area contributed by atoms with Gasteiger partial charge in [0.25, 0.3) is 0 Å². The SMILES string of the molecule is CN1CC(C(=O)NCc2cc3n(n2)CCCN(C2CCCCC2)C3)CC1=O. The second-order valence-corrected chi connectivity index (χ2v) is 8.36. The molecule has 1 aromatic heterocycles. The number of rotatable bonds is 4. The number of nitrogens with one attached hydrogen (secondary N) is 1. The van der Waals surface area contributed by atoms with Crippen LogP contribution < -0.4 is 5.32 Å². The van der Waals surface area contributed by atoms with Crippen molar-refractivity contribution in [2.24, 2.45) is 5.92 Å². The zero-order valence-electron chi connectivity index (χ0n) is 16.3. The van der Waals surface area contributed by atoms with Crippen LogP contribution in [0.2, 0.25) is 0 Å². The molecule has 7 nitrogen and oxygen atoms in total. The van der Waals surface area contributed by atoms with Crippen molar-refractivity contribution in [3.63, 3.8) is 0 Å². The minimum atomic E-state index is -0.232. The van der Waals surface area contributed by atoms with Gasteiger partial charge in [-0.3, -0.25) is 19.2 Å². The molecular weight excluding hydrogens is 342 g/mol. The molecule has 1 atom stereocenters. The van der Waals surface area contributed by atoms with Crippen LogP contribution in [0.1, 0.15) is 56.3 Å². The summed E-state index contributed by atoms with van der Waals surface area (Å²) in [6.45, 7) is 4.03. The van der Waals surface area contributed by atoms with Crippen molar-refractivity contribution in [3.05, 3.63) is 17.5 Å². The Labute approximate surface area is 161 Å². The Hall–Kier alpha value is -1.89. The van der Waals surface area contributed by atoms with Gasteiger partial charge in [0.15, 0.2) is 0 Å². The molecule has 1 unspecified atom stereocenters. The lowest BCUT2D eigenvalue weighted by Crippen LogP contribution is -2.36. The number of aromatic nitrogens is 2. The highest BCUT2D eigenvalue weighted by molar-refractivity contribution is 5.89. The fourth-order valence-corrected chi connectivity index (χ4v) is 4.75. The number of aryl methyl sites for hydroxylation is 1. The van der Waals surface area contributed by atoms with Crippen LogP contribution in [0.15, 0.2) is 6.07 Å². The van der Waals surface area contributed by atoms with Crippen LogP contribution in [-0.2, 0) is 29.2 Å². The second-order valence-electron chi connectivity index (χ2n) is 8.36. The van der Waals surface area contributed by atoms with Crippen LogP contribution in [0.3, 0.4) is 0 Å². The maximum atomic E-state index is 12.3. The summed E-state index contributed by atoms with van der Waals surface area (Å²) in [5.41, 5.74) is 2.18. The van der Waals surface area contributed by atoms with Crippen LogP contribution in [-0.4, -0.2) is 57.6 Å². The normalized spacial score (nSPS) is 24.7. The third-order valence-corrected chi connectivity index (χ3v) is 6.34. The minimum Gasteiger partial charge on any atom is -0.350 e. The van der Waals surface area contributed by atoms with E-state index in [0.29, 0.717) is 19.5 Å². The molecule has 2 fully saturated rings. The van der Waals surface area contributed by atoms with Crippen molar-refractivity contribution in [1.29, 1.82) is 0 Å². The van der Waals surface area contributed by atoms with Crippen LogP contribution >= 0.6 is 0 Å². The predicted molar refractivity (Wildman–Crippen MR) is 102 cm³/mol. The lowest BCUT2D eigenvalue weighted by Gasteiger charge is -2.33. The number of likely N-dealkylation sites (tertiary alicyclic amines) is 1. The Balaban J connectivity index is 1.34. The van der Waals surface area contributed by atoms with E-state index < -0.39 is 0 Å². The summed E-state index contributed by atoms with van der Waals surface area (Å²) in [4.78, 5) is 28.2. The molecule has 1 aliphatic carbocycles. The van der Waals surface area contributed by atoms with Crippen molar-refractivity contribution in [3.8, 4) is 0 Å². The quantitative estimate of drug-likeness (QED) is 0.869. The Morgan fingerprint density at radius 2 is 2.04 bits per heavy atom.